The molecule has 0 unspecified atom stereocenters. The van der Waals surface area contributed by atoms with Crippen molar-refractivity contribution in [3.63, 3.8) is 0 Å². The summed E-state index contributed by atoms with van der Waals surface area (Å²) in [5, 5.41) is 0. The van der Waals surface area contributed by atoms with E-state index in [1.165, 1.54) is 41.9 Å². The summed E-state index contributed by atoms with van der Waals surface area (Å²) in [7, 11) is 0. The van der Waals surface area contributed by atoms with Gasteiger partial charge in [-0.3, -0.25) is 0 Å². The maximum atomic E-state index is 6.35. The molecule has 1 saturated carbocycles. The molecular formula is C13H22ClNS. The Balaban J connectivity index is 0.00000128. The van der Waals surface area contributed by atoms with Crippen LogP contribution in [0.5, 0.6) is 0 Å². The number of hydrogen-bond acceptors (Lipinski definition) is 2. The monoisotopic (exact) mass is 259 g/mol. The Morgan fingerprint density at radius 3 is 2.56 bits per heavy atom. The molecule has 0 aliphatic heterocycles. The van der Waals surface area contributed by atoms with Gasteiger partial charge < -0.3 is 5.73 Å². The Labute approximate surface area is 109 Å². The highest BCUT2D eigenvalue weighted by Gasteiger charge is 2.22. The number of aryl methyl sites for hydroxylation is 1. The lowest BCUT2D eigenvalue weighted by molar-refractivity contribution is 0.311. The first kappa shape index (κ1) is 14.0. The molecule has 1 aliphatic rings. The lowest BCUT2D eigenvalue weighted by atomic mass is 9.84. The first-order chi connectivity index (χ1) is 7.31. The molecule has 0 spiro atoms. The number of halogens is 1. The van der Waals surface area contributed by atoms with E-state index in [0.29, 0.717) is 6.04 Å². The lowest BCUT2D eigenvalue weighted by Crippen LogP contribution is -2.22. The van der Waals surface area contributed by atoms with Gasteiger partial charge in [0.15, 0.2) is 0 Å². The van der Waals surface area contributed by atoms with Crippen molar-refractivity contribution in [3.05, 3.63) is 21.9 Å². The number of nitrogens with two attached hydrogens (primary N) is 1. The average molecular weight is 260 g/mol. The highest BCUT2D eigenvalue weighted by Crippen LogP contribution is 2.35. The van der Waals surface area contributed by atoms with E-state index in [0.717, 1.165) is 12.3 Å². The Bertz CT molecular complexity index is 305. The maximum Gasteiger partial charge on any atom is 0.0418 e. The summed E-state index contributed by atoms with van der Waals surface area (Å²) in [5.41, 5.74) is 6.35. The molecule has 3 heteroatoms. The van der Waals surface area contributed by atoms with Gasteiger partial charge in [-0.05, 0) is 37.3 Å². The minimum absolute atomic E-state index is 0. The van der Waals surface area contributed by atoms with Crippen LogP contribution in [-0.2, 0) is 6.42 Å². The number of rotatable bonds is 3. The zero-order valence-electron chi connectivity index (χ0n) is 9.95. The molecule has 1 heterocycles. The van der Waals surface area contributed by atoms with Gasteiger partial charge in [0.25, 0.3) is 0 Å². The normalized spacial score (nSPS) is 19.1. The largest absolute Gasteiger partial charge is 0.323 e. The van der Waals surface area contributed by atoms with E-state index in [-0.39, 0.29) is 12.4 Å². The third-order valence-electron chi connectivity index (χ3n) is 3.52. The fourth-order valence-corrected chi connectivity index (χ4v) is 3.54. The molecule has 0 bridgehead atoms. The van der Waals surface area contributed by atoms with Crippen LogP contribution in [0, 0.1) is 5.92 Å². The van der Waals surface area contributed by atoms with Gasteiger partial charge in [-0.25, -0.2) is 0 Å². The van der Waals surface area contributed by atoms with Crippen LogP contribution in [0.15, 0.2) is 12.1 Å². The van der Waals surface area contributed by atoms with Crippen LogP contribution in [0.2, 0.25) is 0 Å². The van der Waals surface area contributed by atoms with Crippen LogP contribution >= 0.6 is 23.7 Å². The minimum Gasteiger partial charge on any atom is -0.323 e. The molecule has 1 aromatic heterocycles. The summed E-state index contributed by atoms with van der Waals surface area (Å²) in [6.07, 6.45) is 7.98. The van der Waals surface area contributed by atoms with Gasteiger partial charge in [-0.1, -0.05) is 26.2 Å². The Kier molecular flexibility index (Phi) is 5.81. The van der Waals surface area contributed by atoms with Crippen molar-refractivity contribution in [1.82, 2.24) is 0 Å². The molecule has 1 nitrogen and oxygen atoms in total. The molecule has 0 aromatic carbocycles. The molecular weight excluding hydrogens is 238 g/mol. The molecule has 1 aliphatic carbocycles. The second-order valence-electron chi connectivity index (χ2n) is 4.58. The maximum absolute atomic E-state index is 6.35. The van der Waals surface area contributed by atoms with Crippen LogP contribution in [0.3, 0.4) is 0 Å². The average Bonchev–Trinajstić information content (AvgIpc) is 2.78. The van der Waals surface area contributed by atoms with E-state index in [1.54, 1.807) is 0 Å². The zero-order valence-corrected chi connectivity index (χ0v) is 11.6. The van der Waals surface area contributed by atoms with E-state index in [1.807, 2.05) is 11.3 Å². The summed E-state index contributed by atoms with van der Waals surface area (Å²) in [5.74, 6) is 0.738. The molecule has 0 radical (unpaired) electrons. The lowest BCUT2D eigenvalue weighted by Gasteiger charge is -2.26. The fraction of sp³-hybridized carbons (Fsp3) is 0.692. The predicted octanol–water partition coefficient (Wildman–Crippen LogP) is 4.31. The van der Waals surface area contributed by atoms with Gasteiger partial charge in [-0.15, -0.1) is 23.7 Å². The van der Waals surface area contributed by atoms with Crippen molar-refractivity contribution in [3.8, 4) is 0 Å². The SMILES string of the molecule is CCc1ccc([C@@H](N)C2CCCCC2)s1.Cl. The molecule has 92 valence electrons. The van der Waals surface area contributed by atoms with Gasteiger partial charge in [0.1, 0.15) is 0 Å². The van der Waals surface area contributed by atoms with Gasteiger partial charge in [0.2, 0.25) is 0 Å². The molecule has 0 amide bonds. The Morgan fingerprint density at radius 2 is 2.00 bits per heavy atom. The fourth-order valence-electron chi connectivity index (χ4n) is 2.49. The van der Waals surface area contributed by atoms with E-state index in [2.05, 4.69) is 19.1 Å². The van der Waals surface area contributed by atoms with Crippen LogP contribution in [0.1, 0.15) is 54.8 Å². The van der Waals surface area contributed by atoms with Gasteiger partial charge >= 0.3 is 0 Å². The van der Waals surface area contributed by atoms with Crippen molar-refractivity contribution in [1.29, 1.82) is 0 Å². The summed E-state index contributed by atoms with van der Waals surface area (Å²) in [6, 6.07) is 4.78. The molecule has 1 aromatic rings. The van der Waals surface area contributed by atoms with Gasteiger partial charge in [-0.2, -0.15) is 0 Å². The Hall–Kier alpha value is -0.0500. The summed E-state index contributed by atoms with van der Waals surface area (Å²) < 4.78 is 0. The third-order valence-corrected chi connectivity index (χ3v) is 4.85. The highest BCUT2D eigenvalue weighted by atomic mass is 35.5. The number of hydrogen-bond donors (Lipinski definition) is 1. The highest BCUT2D eigenvalue weighted by molar-refractivity contribution is 7.12. The van der Waals surface area contributed by atoms with Crippen LogP contribution in [-0.4, -0.2) is 0 Å². The predicted molar refractivity (Wildman–Crippen MR) is 74.4 cm³/mol. The standard InChI is InChI=1S/C13H21NS.ClH/c1-2-11-8-9-12(15-11)13(14)10-6-4-3-5-7-10;/h8-10,13H,2-7,14H2,1H3;1H/t13-;/m0./s1. The molecule has 1 atom stereocenters. The van der Waals surface area contributed by atoms with E-state index in [9.17, 15) is 0 Å². The zero-order chi connectivity index (χ0) is 10.7. The van der Waals surface area contributed by atoms with Crippen molar-refractivity contribution >= 4 is 23.7 Å². The van der Waals surface area contributed by atoms with Crippen LogP contribution < -0.4 is 5.73 Å². The number of thiophene rings is 1. The summed E-state index contributed by atoms with van der Waals surface area (Å²) >= 11 is 1.91. The summed E-state index contributed by atoms with van der Waals surface area (Å²) in [4.78, 5) is 2.87. The quantitative estimate of drug-likeness (QED) is 0.860. The minimum atomic E-state index is 0. The van der Waals surface area contributed by atoms with Crippen molar-refractivity contribution in [2.75, 3.05) is 0 Å². The van der Waals surface area contributed by atoms with Crippen molar-refractivity contribution in [2.45, 2.75) is 51.5 Å². The Morgan fingerprint density at radius 1 is 1.31 bits per heavy atom. The van der Waals surface area contributed by atoms with E-state index < -0.39 is 0 Å². The smallest absolute Gasteiger partial charge is 0.0418 e. The van der Waals surface area contributed by atoms with Gasteiger partial charge in [0, 0.05) is 15.8 Å². The second-order valence-corrected chi connectivity index (χ2v) is 5.78. The summed E-state index contributed by atoms with van der Waals surface area (Å²) in [6.45, 7) is 2.21. The first-order valence-electron chi connectivity index (χ1n) is 6.15. The molecule has 2 N–H and O–H groups in total. The van der Waals surface area contributed by atoms with E-state index >= 15 is 0 Å². The second kappa shape index (κ2) is 6.63. The van der Waals surface area contributed by atoms with E-state index in [4.69, 9.17) is 5.73 Å². The molecule has 2 rings (SSSR count). The van der Waals surface area contributed by atoms with Crippen molar-refractivity contribution in [2.24, 2.45) is 11.7 Å². The van der Waals surface area contributed by atoms with Gasteiger partial charge in [0.05, 0.1) is 0 Å². The molecule has 1 fully saturated rings. The van der Waals surface area contributed by atoms with Crippen LogP contribution in [0.4, 0.5) is 0 Å². The van der Waals surface area contributed by atoms with Crippen LogP contribution in [0.25, 0.3) is 0 Å². The first-order valence-corrected chi connectivity index (χ1v) is 6.97. The topological polar surface area (TPSA) is 26.0 Å². The molecule has 16 heavy (non-hydrogen) atoms. The molecule has 0 saturated heterocycles. The van der Waals surface area contributed by atoms with Crippen molar-refractivity contribution < 1.29 is 0 Å². The third kappa shape index (κ3) is 3.22.